The summed E-state index contributed by atoms with van der Waals surface area (Å²) in [5.74, 6) is 0.481. The van der Waals surface area contributed by atoms with Crippen LogP contribution in [0.25, 0.3) is 11.4 Å². The third-order valence-electron chi connectivity index (χ3n) is 5.03. The highest BCUT2D eigenvalue weighted by Crippen LogP contribution is 2.30. The minimum Gasteiger partial charge on any atom is -0.207 e. The molecule has 0 bridgehead atoms. The number of rotatable bonds is 7. The molecule has 9 heteroatoms. The third-order valence-corrected chi connectivity index (χ3v) is 7.21. The fourth-order valence-electron chi connectivity index (χ4n) is 3.29. The summed E-state index contributed by atoms with van der Waals surface area (Å²) < 4.78 is 28.6. The second kappa shape index (κ2) is 8.97. The number of nitrogens with zero attached hydrogens (tertiary/aromatic N) is 4. The average Bonchev–Trinajstić information content (AvgIpc) is 3.33. The number of aromatic amines is 1. The van der Waals surface area contributed by atoms with Crippen LogP contribution in [-0.4, -0.2) is 33.3 Å². The van der Waals surface area contributed by atoms with Crippen LogP contribution < -0.4 is 0 Å². The number of tetrazole rings is 1. The molecule has 0 aliphatic heterocycles. The predicted molar refractivity (Wildman–Crippen MR) is 119 cm³/mol. The monoisotopic (exact) mass is 453 g/mol. The Morgan fingerprint density at radius 2 is 1.65 bits per heavy atom. The van der Waals surface area contributed by atoms with Crippen molar-refractivity contribution < 1.29 is 8.42 Å². The molecule has 158 valence electrons. The maximum Gasteiger partial charge on any atom is 0.243 e. The molecule has 4 rings (SSSR count). The van der Waals surface area contributed by atoms with Crippen molar-refractivity contribution in [2.24, 2.45) is 0 Å². The first-order valence-corrected chi connectivity index (χ1v) is 11.4. The minimum atomic E-state index is -3.78. The smallest absolute Gasteiger partial charge is 0.207 e. The van der Waals surface area contributed by atoms with Gasteiger partial charge >= 0.3 is 0 Å². The van der Waals surface area contributed by atoms with Gasteiger partial charge in [0.1, 0.15) is 0 Å². The summed E-state index contributed by atoms with van der Waals surface area (Å²) in [7, 11) is -3.78. The highest BCUT2D eigenvalue weighted by molar-refractivity contribution is 7.89. The highest BCUT2D eigenvalue weighted by Gasteiger charge is 2.30. The number of hydrogen-bond acceptors (Lipinski definition) is 5. The van der Waals surface area contributed by atoms with Gasteiger partial charge in [-0.25, -0.2) is 8.42 Å². The van der Waals surface area contributed by atoms with E-state index >= 15 is 0 Å². The summed E-state index contributed by atoms with van der Waals surface area (Å²) in [6.07, 6.45) is 0. The van der Waals surface area contributed by atoms with Gasteiger partial charge in [0, 0.05) is 23.2 Å². The van der Waals surface area contributed by atoms with Crippen molar-refractivity contribution in [3.8, 4) is 11.4 Å². The molecule has 1 aromatic heterocycles. The predicted octanol–water partition coefficient (Wildman–Crippen LogP) is 4.47. The zero-order valence-corrected chi connectivity index (χ0v) is 18.3. The molecule has 1 heterocycles. The molecule has 0 amide bonds. The van der Waals surface area contributed by atoms with E-state index < -0.39 is 10.0 Å². The quantitative estimate of drug-likeness (QED) is 0.445. The molecule has 0 fully saturated rings. The zero-order valence-electron chi connectivity index (χ0n) is 16.7. The second-order valence-electron chi connectivity index (χ2n) is 7.02. The van der Waals surface area contributed by atoms with E-state index in [2.05, 4.69) is 20.6 Å². The molecule has 0 saturated carbocycles. The first-order chi connectivity index (χ1) is 14.9. The molecule has 31 heavy (non-hydrogen) atoms. The molecule has 0 saturated heterocycles. The average molecular weight is 454 g/mol. The van der Waals surface area contributed by atoms with Crippen molar-refractivity contribution in [2.75, 3.05) is 0 Å². The highest BCUT2D eigenvalue weighted by atomic mass is 35.5. The molecule has 7 nitrogen and oxygen atoms in total. The van der Waals surface area contributed by atoms with Crippen molar-refractivity contribution >= 4 is 21.6 Å². The van der Waals surface area contributed by atoms with Crippen LogP contribution >= 0.6 is 11.6 Å². The normalized spacial score (nSPS) is 12.7. The van der Waals surface area contributed by atoms with Gasteiger partial charge in [-0.3, -0.25) is 0 Å². The van der Waals surface area contributed by atoms with Gasteiger partial charge in [0.25, 0.3) is 0 Å². The van der Waals surface area contributed by atoms with Gasteiger partial charge in [0.2, 0.25) is 15.8 Å². The Morgan fingerprint density at radius 3 is 2.26 bits per heavy atom. The number of H-pyrrole nitrogens is 1. The second-order valence-corrected chi connectivity index (χ2v) is 9.35. The van der Waals surface area contributed by atoms with Gasteiger partial charge in [0.15, 0.2) is 0 Å². The first kappa shape index (κ1) is 21.2. The van der Waals surface area contributed by atoms with Gasteiger partial charge < -0.3 is 0 Å². The molecule has 4 aromatic rings. The molecule has 1 unspecified atom stereocenters. The van der Waals surface area contributed by atoms with E-state index in [-0.39, 0.29) is 17.5 Å². The molecule has 0 radical (unpaired) electrons. The fourth-order valence-corrected chi connectivity index (χ4v) is 5.03. The van der Waals surface area contributed by atoms with Gasteiger partial charge in [-0.15, -0.1) is 10.2 Å². The molecular weight excluding hydrogens is 434 g/mol. The van der Waals surface area contributed by atoms with Crippen LogP contribution in [0.2, 0.25) is 5.02 Å². The lowest BCUT2D eigenvalue weighted by atomic mass is 10.1. The van der Waals surface area contributed by atoms with Gasteiger partial charge in [-0.2, -0.15) is 9.52 Å². The lowest BCUT2D eigenvalue weighted by Gasteiger charge is -2.29. The molecular formula is C22H20ClN5O2S. The summed E-state index contributed by atoms with van der Waals surface area (Å²) >= 11 is 5.96. The Hall–Kier alpha value is -3.07. The molecule has 1 N–H and O–H groups in total. The third kappa shape index (κ3) is 4.66. The number of halogens is 1. The van der Waals surface area contributed by atoms with Crippen molar-refractivity contribution in [3.63, 3.8) is 0 Å². The number of hydrogen-bond donors (Lipinski definition) is 1. The molecule has 0 spiro atoms. The van der Waals surface area contributed by atoms with Crippen molar-refractivity contribution in [2.45, 2.75) is 24.4 Å². The lowest BCUT2D eigenvalue weighted by Crippen LogP contribution is -2.33. The topological polar surface area (TPSA) is 91.8 Å². The van der Waals surface area contributed by atoms with Crippen LogP contribution in [0.1, 0.15) is 24.1 Å². The fraction of sp³-hybridized carbons (Fsp3) is 0.136. The van der Waals surface area contributed by atoms with Crippen LogP contribution in [-0.2, 0) is 16.6 Å². The number of sulfonamides is 1. The molecule has 0 aliphatic carbocycles. The number of nitrogens with one attached hydrogen (secondary N) is 1. The Balaban J connectivity index is 1.69. The number of benzene rings is 3. The maximum atomic E-state index is 13.6. The van der Waals surface area contributed by atoms with Gasteiger partial charge in [0.05, 0.1) is 4.90 Å². The zero-order chi connectivity index (χ0) is 21.8. The van der Waals surface area contributed by atoms with E-state index in [1.165, 1.54) is 16.4 Å². The maximum absolute atomic E-state index is 13.6. The number of aromatic nitrogens is 4. The first-order valence-electron chi connectivity index (χ1n) is 9.60. The molecule has 0 aliphatic rings. The van der Waals surface area contributed by atoms with Crippen molar-refractivity contribution in [1.82, 2.24) is 24.9 Å². The standard InChI is InChI=1S/C22H20ClN5O2S/c1-16(18-5-3-2-4-6-18)28(31(29,30)21-13-11-20(23)12-14-21)15-17-7-9-19(10-8-17)22-24-26-27-25-22/h2-14,16H,15H2,1H3,(H,24,25,26,27). The van der Waals surface area contributed by atoms with Crippen LogP contribution in [0.4, 0.5) is 0 Å². The van der Waals surface area contributed by atoms with Gasteiger partial charge in [-0.05, 0) is 47.5 Å². The summed E-state index contributed by atoms with van der Waals surface area (Å²) in [4.78, 5) is 0.197. The van der Waals surface area contributed by atoms with Crippen LogP contribution in [0.3, 0.4) is 0 Å². The minimum absolute atomic E-state index is 0.197. The Labute approximate surface area is 185 Å². The van der Waals surface area contributed by atoms with E-state index in [0.29, 0.717) is 10.8 Å². The Bertz CT molecular complexity index is 1230. The Kier molecular flexibility index (Phi) is 6.13. The van der Waals surface area contributed by atoms with Gasteiger partial charge in [-0.1, -0.05) is 66.2 Å². The van der Waals surface area contributed by atoms with E-state index in [1.807, 2.05) is 61.5 Å². The Morgan fingerprint density at radius 1 is 0.968 bits per heavy atom. The van der Waals surface area contributed by atoms with E-state index in [9.17, 15) is 8.42 Å². The van der Waals surface area contributed by atoms with Crippen LogP contribution in [0.15, 0.2) is 83.8 Å². The molecule has 3 aromatic carbocycles. The largest absolute Gasteiger partial charge is 0.243 e. The van der Waals surface area contributed by atoms with Crippen LogP contribution in [0, 0.1) is 0 Å². The van der Waals surface area contributed by atoms with E-state index in [4.69, 9.17) is 11.6 Å². The summed E-state index contributed by atoms with van der Waals surface area (Å²) in [6, 6.07) is 22.8. The van der Waals surface area contributed by atoms with Crippen molar-refractivity contribution in [3.05, 3.63) is 95.0 Å². The van der Waals surface area contributed by atoms with E-state index in [0.717, 1.165) is 16.7 Å². The summed E-state index contributed by atoms with van der Waals surface area (Å²) in [5, 5.41) is 14.4. The SMILES string of the molecule is CC(c1ccccc1)N(Cc1ccc(-c2nn[nH]n2)cc1)S(=O)(=O)c1ccc(Cl)cc1. The van der Waals surface area contributed by atoms with Crippen molar-refractivity contribution in [1.29, 1.82) is 0 Å². The summed E-state index contributed by atoms with van der Waals surface area (Å²) in [5.41, 5.74) is 2.54. The molecule has 1 atom stereocenters. The summed E-state index contributed by atoms with van der Waals surface area (Å²) in [6.45, 7) is 2.09. The van der Waals surface area contributed by atoms with E-state index in [1.54, 1.807) is 12.1 Å². The lowest BCUT2D eigenvalue weighted by molar-refractivity contribution is 0.336. The van der Waals surface area contributed by atoms with Crippen LogP contribution in [0.5, 0.6) is 0 Å².